The van der Waals surface area contributed by atoms with E-state index in [1.54, 1.807) is 6.92 Å². The first kappa shape index (κ1) is 14.2. The van der Waals surface area contributed by atoms with Crippen LogP contribution < -0.4 is 5.73 Å². The van der Waals surface area contributed by atoms with Gasteiger partial charge in [0, 0.05) is 6.92 Å². The molecule has 0 aromatic carbocycles. The summed E-state index contributed by atoms with van der Waals surface area (Å²) >= 11 is 0. The molecule has 0 bridgehead atoms. The SMILES string of the molecule is Cc1nc(C[CH-]CC[C-](C)N)no1.[U+2]. The molecule has 4 nitrogen and oxygen atoms in total. The molecule has 0 unspecified atom stereocenters. The van der Waals surface area contributed by atoms with Gasteiger partial charge in [-0.15, -0.1) is 6.42 Å². The van der Waals surface area contributed by atoms with Gasteiger partial charge in [0.2, 0.25) is 5.89 Å². The Balaban J connectivity index is 0.00000169. The van der Waals surface area contributed by atoms with E-state index in [0.717, 1.165) is 31.1 Å². The van der Waals surface area contributed by atoms with Gasteiger partial charge in [-0.05, 0) is 0 Å². The summed E-state index contributed by atoms with van der Waals surface area (Å²) in [4.78, 5) is 4.08. The molecular formula is C9H15N3OU. The average molecular weight is 419 g/mol. The molecule has 0 aliphatic rings. The third kappa shape index (κ3) is 5.79. The van der Waals surface area contributed by atoms with Gasteiger partial charge in [-0.1, -0.05) is 5.16 Å². The first-order chi connectivity index (χ1) is 6.18. The quantitative estimate of drug-likeness (QED) is 0.579. The first-order valence-corrected chi connectivity index (χ1v) is 4.37. The van der Waals surface area contributed by atoms with Crippen LogP contribution in [0.5, 0.6) is 0 Å². The molecular weight excluding hydrogens is 404 g/mol. The van der Waals surface area contributed by atoms with E-state index < -0.39 is 0 Å². The summed E-state index contributed by atoms with van der Waals surface area (Å²) in [5.41, 5.74) is 5.52. The fourth-order valence-electron chi connectivity index (χ4n) is 0.985. The molecule has 0 aliphatic carbocycles. The van der Waals surface area contributed by atoms with Gasteiger partial charge in [0.05, 0.1) is 0 Å². The normalized spacial score (nSPS) is 10.3. The van der Waals surface area contributed by atoms with E-state index >= 15 is 0 Å². The molecule has 0 amide bonds. The Kier molecular flexibility index (Phi) is 7.53. The molecule has 14 heavy (non-hydrogen) atoms. The van der Waals surface area contributed by atoms with Crippen molar-refractivity contribution in [1.29, 1.82) is 0 Å². The maximum atomic E-state index is 5.52. The minimum absolute atomic E-state index is 0. The van der Waals surface area contributed by atoms with Crippen molar-refractivity contribution in [2.24, 2.45) is 5.73 Å². The summed E-state index contributed by atoms with van der Waals surface area (Å²) in [7, 11) is 0. The third-order valence-electron chi connectivity index (χ3n) is 1.64. The zero-order valence-corrected chi connectivity index (χ0v) is 12.7. The molecule has 1 rings (SSSR count). The maximum Gasteiger partial charge on any atom is 2.00 e. The smallest absolute Gasteiger partial charge is 0.481 e. The molecule has 0 saturated heterocycles. The van der Waals surface area contributed by atoms with Crippen molar-refractivity contribution in [3.05, 3.63) is 24.2 Å². The monoisotopic (exact) mass is 419 g/mol. The molecule has 1 heterocycles. The summed E-state index contributed by atoms with van der Waals surface area (Å²) in [6.45, 7) is 3.71. The van der Waals surface area contributed by atoms with Crippen molar-refractivity contribution in [3.63, 3.8) is 0 Å². The first-order valence-electron chi connectivity index (χ1n) is 4.37. The van der Waals surface area contributed by atoms with Crippen LogP contribution in [0.15, 0.2) is 4.52 Å². The Hall–Kier alpha value is 0.152. The van der Waals surface area contributed by atoms with Crippen molar-refractivity contribution in [2.75, 3.05) is 0 Å². The Morgan fingerprint density at radius 3 is 2.79 bits per heavy atom. The molecule has 0 atom stereocenters. The molecule has 1 aromatic heterocycles. The second kappa shape index (κ2) is 7.44. The molecule has 0 aliphatic heterocycles. The number of nitrogens with zero attached hydrogens (tertiary/aromatic N) is 2. The number of hydrogen-bond donors (Lipinski definition) is 1. The summed E-state index contributed by atoms with van der Waals surface area (Å²) in [6.07, 6.45) is 4.76. The van der Waals surface area contributed by atoms with Gasteiger partial charge in [0.15, 0.2) is 0 Å². The van der Waals surface area contributed by atoms with Crippen LogP contribution in [0.4, 0.5) is 0 Å². The van der Waals surface area contributed by atoms with E-state index in [0.29, 0.717) is 5.89 Å². The average Bonchev–Trinajstić information content (AvgIpc) is 2.45. The Morgan fingerprint density at radius 2 is 2.29 bits per heavy atom. The van der Waals surface area contributed by atoms with Crippen molar-refractivity contribution < 1.29 is 35.6 Å². The fraction of sp³-hybridized carbons (Fsp3) is 0.556. The molecule has 5 heteroatoms. The van der Waals surface area contributed by atoms with E-state index in [-0.39, 0.29) is 31.1 Å². The molecule has 0 fully saturated rings. The number of nitrogens with two attached hydrogens (primary N) is 1. The standard InChI is InChI=1S/C9H15N3O.U/c1-7(10)5-3-4-6-9-11-8(2)13-12-9;/h4H,3,5-6,10H2,1-2H3;/q-2;+2. The maximum absolute atomic E-state index is 5.52. The summed E-state index contributed by atoms with van der Waals surface area (Å²) in [5, 5.41) is 3.78. The van der Waals surface area contributed by atoms with Gasteiger partial charge in [0.25, 0.3) is 0 Å². The van der Waals surface area contributed by atoms with Gasteiger partial charge < -0.3 is 16.7 Å². The van der Waals surface area contributed by atoms with E-state index in [4.69, 9.17) is 10.3 Å². The van der Waals surface area contributed by atoms with Crippen molar-refractivity contribution in [1.82, 2.24) is 10.1 Å². The van der Waals surface area contributed by atoms with Crippen LogP contribution in [0.25, 0.3) is 0 Å². The number of aromatic nitrogens is 2. The van der Waals surface area contributed by atoms with Crippen molar-refractivity contribution in [3.8, 4) is 0 Å². The second-order valence-corrected chi connectivity index (χ2v) is 3.11. The number of aryl methyl sites for hydroxylation is 1. The van der Waals surface area contributed by atoms with Crippen LogP contribution in [0.3, 0.4) is 0 Å². The molecule has 76 valence electrons. The molecule has 0 spiro atoms. The third-order valence-corrected chi connectivity index (χ3v) is 1.64. The predicted octanol–water partition coefficient (Wildman–Crippen LogP) is 1.42. The van der Waals surface area contributed by atoms with E-state index in [9.17, 15) is 0 Å². The van der Waals surface area contributed by atoms with E-state index in [2.05, 4.69) is 16.6 Å². The fourth-order valence-corrected chi connectivity index (χ4v) is 0.985. The van der Waals surface area contributed by atoms with Crippen LogP contribution in [0.1, 0.15) is 31.5 Å². The number of unbranched alkanes of at least 4 members (excludes halogenated alkanes) is 1. The zero-order valence-electron chi connectivity index (χ0n) is 8.58. The summed E-state index contributed by atoms with van der Waals surface area (Å²) in [6, 6.07) is 0.959. The Morgan fingerprint density at radius 1 is 1.57 bits per heavy atom. The largest absolute Gasteiger partial charge is 2.00 e. The van der Waals surface area contributed by atoms with Crippen molar-refractivity contribution >= 4 is 0 Å². The predicted molar refractivity (Wildman–Crippen MR) is 49.4 cm³/mol. The van der Waals surface area contributed by atoms with E-state index in [1.165, 1.54) is 0 Å². The Labute approximate surface area is 108 Å². The zero-order chi connectivity index (χ0) is 9.68. The molecule has 0 saturated carbocycles. The summed E-state index contributed by atoms with van der Waals surface area (Å²) < 4.78 is 4.83. The summed E-state index contributed by atoms with van der Waals surface area (Å²) in [5.74, 6) is 1.36. The second-order valence-electron chi connectivity index (χ2n) is 3.11. The Bertz CT molecular complexity index is 250. The van der Waals surface area contributed by atoms with Gasteiger partial charge in [-0.25, -0.2) is 6.42 Å². The van der Waals surface area contributed by atoms with Crippen LogP contribution in [-0.2, 0) is 6.42 Å². The van der Waals surface area contributed by atoms with Gasteiger partial charge in [-0.3, -0.25) is 6.04 Å². The van der Waals surface area contributed by atoms with Crippen LogP contribution in [0, 0.1) is 50.5 Å². The molecule has 1 aromatic rings. The van der Waals surface area contributed by atoms with Crippen LogP contribution in [-0.4, -0.2) is 10.1 Å². The minimum atomic E-state index is 0. The van der Waals surface area contributed by atoms with E-state index in [1.807, 2.05) is 6.92 Å². The molecule has 2 N–H and O–H groups in total. The van der Waals surface area contributed by atoms with Crippen LogP contribution >= 0.6 is 0 Å². The molecule has 0 radical (unpaired) electrons. The van der Waals surface area contributed by atoms with Crippen LogP contribution in [0.2, 0.25) is 0 Å². The minimum Gasteiger partial charge on any atom is -0.481 e. The van der Waals surface area contributed by atoms with Gasteiger partial charge in [-0.2, -0.15) is 18.3 Å². The van der Waals surface area contributed by atoms with Crippen molar-refractivity contribution in [2.45, 2.75) is 33.1 Å². The van der Waals surface area contributed by atoms with Gasteiger partial charge in [0.1, 0.15) is 5.82 Å². The number of hydrogen-bond acceptors (Lipinski definition) is 4. The topological polar surface area (TPSA) is 64.9 Å². The van der Waals surface area contributed by atoms with Gasteiger partial charge >= 0.3 is 31.1 Å². The number of rotatable bonds is 5.